The molecule has 1 aliphatic rings. The van der Waals surface area contributed by atoms with Crippen molar-refractivity contribution in [2.45, 2.75) is 25.4 Å². The average Bonchev–Trinajstić information content (AvgIpc) is 3.25. The minimum atomic E-state index is -0.442. The van der Waals surface area contributed by atoms with Gasteiger partial charge in [0.2, 0.25) is 0 Å². The lowest BCUT2D eigenvalue weighted by atomic mass is 10.2. The van der Waals surface area contributed by atoms with E-state index in [1.165, 1.54) is 18.3 Å². The molecule has 2 aromatic rings. The van der Waals surface area contributed by atoms with Crippen LogP contribution in [0.25, 0.3) is 0 Å². The first kappa shape index (κ1) is 14.3. The molecule has 0 atom stereocenters. The van der Waals surface area contributed by atoms with Gasteiger partial charge < -0.3 is 5.43 Å². The Hall–Kier alpha value is -1.64. The quantitative estimate of drug-likeness (QED) is 0.796. The molecular formula is C14H13FIN3O2. The van der Waals surface area contributed by atoms with Crippen LogP contribution in [0.15, 0.2) is 40.1 Å². The summed E-state index contributed by atoms with van der Waals surface area (Å²) in [7, 11) is 0. The second-order valence-corrected chi connectivity index (χ2v) is 6.23. The van der Waals surface area contributed by atoms with Crippen LogP contribution in [-0.2, 0) is 6.54 Å². The number of hydrogen-bond acceptors (Lipinski definition) is 3. The number of nitrogens with zero attached hydrogens (tertiary/aromatic N) is 2. The van der Waals surface area contributed by atoms with Crippen molar-refractivity contribution in [2.24, 2.45) is 0 Å². The van der Waals surface area contributed by atoms with E-state index in [2.05, 4.69) is 5.43 Å². The van der Waals surface area contributed by atoms with Gasteiger partial charge in [0, 0.05) is 27.4 Å². The van der Waals surface area contributed by atoms with Gasteiger partial charge in [-0.3, -0.25) is 9.36 Å². The van der Waals surface area contributed by atoms with Crippen molar-refractivity contribution < 1.29 is 4.39 Å². The standard InChI is InChI=1S/C14H13FIN3O2/c15-12-7-10(16)2-1-9(12)8-17-19-13(20)5-6-18(14(19)21)11-3-4-11/h1-2,5-7,11,17H,3-4,8H2. The molecular weight excluding hydrogens is 388 g/mol. The van der Waals surface area contributed by atoms with Gasteiger partial charge in [0.15, 0.2) is 0 Å². The summed E-state index contributed by atoms with van der Waals surface area (Å²) in [6.07, 6.45) is 3.42. The van der Waals surface area contributed by atoms with E-state index in [-0.39, 0.29) is 18.4 Å². The zero-order chi connectivity index (χ0) is 15.0. The van der Waals surface area contributed by atoms with Crippen LogP contribution in [0, 0.1) is 9.39 Å². The zero-order valence-electron chi connectivity index (χ0n) is 11.1. The highest BCUT2D eigenvalue weighted by atomic mass is 127. The van der Waals surface area contributed by atoms with Gasteiger partial charge in [-0.2, -0.15) is 4.68 Å². The molecule has 1 heterocycles. The number of nitrogens with one attached hydrogen (secondary N) is 1. The number of aromatic nitrogens is 2. The van der Waals surface area contributed by atoms with E-state index in [1.54, 1.807) is 16.7 Å². The first-order valence-electron chi connectivity index (χ1n) is 6.58. The smallest absolute Gasteiger partial charge is 0.314 e. The fourth-order valence-electron chi connectivity index (χ4n) is 2.10. The largest absolute Gasteiger partial charge is 0.350 e. The van der Waals surface area contributed by atoms with Crippen LogP contribution in [0.4, 0.5) is 4.39 Å². The van der Waals surface area contributed by atoms with Gasteiger partial charge in [-0.25, -0.2) is 9.18 Å². The van der Waals surface area contributed by atoms with E-state index >= 15 is 0 Å². The van der Waals surface area contributed by atoms with Gasteiger partial charge in [-0.05, 0) is 47.6 Å². The van der Waals surface area contributed by atoms with Crippen LogP contribution >= 0.6 is 22.6 Å². The van der Waals surface area contributed by atoms with Gasteiger partial charge in [-0.15, -0.1) is 0 Å². The van der Waals surface area contributed by atoms with Gasteiger partial charge >= 0.3 is 5.69 Å². The van der Waals surface area contributed by atoms with Crippen LogP contribution in [-0.4, -0.2) is 9.24 Å². The molecule has 0 amide bonds. The van der Waals surface area contributed by atoms with Crippen LogP contribution in [0.1, 0.15) is 24.4 Å². The van der Waals surface area contributed by atoms with Gasteiger partial charge in [-0.1, -0.05) is 6.07 Å². The third-order valence-electron chi connectivity index (χ3n) is 3.39. The van der Waals surface area contributed by atoms with E-state index in [0.29, 0.717) is 5.56 Å². The molecule has 1 N–H and O–H groups in total. The van der Waals surface area contributed by atoms with Crippen molar-refractivity contribution in [3.8, 4) is 0 Å². The van der Waals surface area contributed by atoms with Crippen LogP contribution in [0.2, 0.25) is 0 Å². The number of hydrogen-bond donors (Lipinski definition) is 1. The van der Waals surface area contributed by atoms with Crippen molar-refractivity contribution in [1.29, 1.82) is 0 Å². The van der Waals surface area contributed by atoms with Crippen molar-refractivity contribution in [3.05, 3.63) is 66.3 Å². The molecule has 1 aromatic heterocycles. The highest BCUT2D eigenvalue weighted by Crippen LogP contribution is 2.32. The highest BCUT2D eigenvalue weighted by Gasteiger charge is 2.25. The first-order chi connectivity index (χ1) is 10.1. The molecule has 0 radical (unpaired) electrons. The molecule has 0 aliphatic heterocycles. The third kappa shape index (κ3) is 3.02. The predicted molar refractivity (Wildman–Crippen MR) is 85.4 cm³/mol. The summed E-state index contributed by atoms with van der Waals surface area (Å²) in [6, 6.07) is 6.35. The lowest BCUT2D eigenvalue weighted by Crippen LogP contribution is -2.43. The molecule has 0 saturated heterocycles. The van der Waals surface area contributed by atoms with Gasteiger partial charge in [0.05, 0.1) is 6.54 Å². The normalized spacial score (nSPS) is 14.2. The monoisotopic (exact) mass is 401 g/mol. The van der Waals surface area contributed by atoms with Crippen LogP contribution < -0.4 is 16.7 Å². The van der Waals surface area contributed by atoms with Gasteiger partial charge in [0.1, 0.15) is 5.82 Å². The molecule has 1 fully saturated rings. The predicted octanol–water partition coefficient (Wildman–Crippen LogP) is 1.83. The lowest BCUT2D eigenvalue weighted by molar-refractivity contribution is 0.589. The maximum absolute atomic E-state index is 13.8. The van der Waals surface area contributed by atoms with E-state index in [1.807, 2.05) is 22.6 Å². The Balaban J connectivity index is 1.86. The fourth-order valence-corrected chi connectivity index (χ4v) is 2.55. The zero-order valence-corrected chi connectivity index (χ0v) is 13.2. The molecule has 1 aromatic carbocycles. The second-order valence-electron chi connectivity index (χ2n) is 4.98. The number of rotatable bonds is 4. The first-order valence-corrected chi connectivity index (χ1v) is 7.66. The summed E-state index contributed by atoms with van der Waals surface area (Å²) < 4.78 is 17.0. The Morgan fingerprint density at radius 1 is 1.29 bits per heavy atom. The maximum Gasteiger partial charge on any atom is 0.350 e. The summed E-state index contributed by atoms with van der Waals surface area (Å²) in [5.41, 5.74) is 2.27. The van der Waals surface area contributed by atoms with E-state index in [4.69, 9.17) is 0 Å². The Kier molecular flexibility index (Phi) is 3.83. The third-order valence-corrected chi connectivity index (χ3v) is 4.06. The van der Waals surface area contributed by atoms with Crippen LogP contribution in [0.5, 0.6) is 0 Å². The molecule has 0 unspecified atom stereocenters. The highest BCUT2D eigenvalue weighted by molar-refractivity contribution is 14.1. The molecule has 7 heteroatoms. The summed E-state index contributed by atoms with van der Waals surface area (Å²) >= 11 is 2.02. The SMILES string of the molecule is O=c1ccn(C2CC2)c(=O)n1NCc1ccc(I)cc1F. The fraction of sp³-hybridized carbons (Fsp3) is 0.286. The molecule has 110 valence electrons. The van der Waals surface area contributed by atoms with Crippen molar-refractivity contribution in [2.75, 3.05) is 5.43 Å². The van der Waals surface area contributed by atoms with E-state index in [0.717, 1.165) is 21.1 Å². The van der Waals surface area contributed by atoms with Crippen molar-refractivity contribution >= 4 is 22.6 Å². The van der Waals surface area contributed by atoms with E-state index < -0.39 is 11.2 Å². The van der Waals surface area contributed by atoms with E-state index in [9.17, 15) is 14.0 Å². The molecule has 1 saturated carbocycles. The Bertz CT molecular complexity index is 796. The summed E-state index contributed by atoms with van der Waals surface area (Å²) in [4.78, 5) is 24.0. The van der Waals surface area contributed by atoms with Crippen molar-refractivity contribution in [3.63, 3.8) is 0 Å². The lowest BCUT2D eigenvalue weighted by Gasteiger charge is -2.11. The average molecular weight is 401 g/mol. The Morgan fingerprint density at radius 3 is 2.71 bits per heavy atom. The molecule has 3 rings (SSSR count). The summed E-state index contributed by atoms with van der Waals surface area (Å²) in [5, 5.41) is 0. The molecule has 0 spiro atoms. The topological polar surface area (TPSA) is 56.0 Å². The minimum Gasteiger partial charge on any atom is -0.314 e. The molecule has 5 nitrogen and oxygen atoms in total. The summed E-state index contributed by atoms with van der Waals surface area (Å²) in [6.45, 7) is 0.0760. The Morgan fingerprint density at radius 2 is 2.05 bits per heavy atom. The van der Waals surface area contributed by atoms with Gasteiger partial charge in [0.25, 0.3) is 5.56 Å². The van der Waals surface area contributed by atoms with Crippen LogP contribution in [0.3, 0.4) is 0 Å². The minimum absolute atomic E-state index is 0.0760. The number of benzene rings is 1. The molecule has 0 bridgehead atoms. The maximum atomic E-state index is 13.8. The van der Waals surface area contributed by atoms with Crippen molar-refractivity contribution in [1.82, 2.24) is 9.24 Å². The summed E-state index contributed by atoms with van der Waals surface area (Å²) in [5.74, 6) is -0.360. The Labute approximate surface area is 133 Å². The second kappa shape index (κ2) is 5.63. The number of halogens is 2. The molecule has 21 heavy (non-hydrogen) atoms. The molecule has 1 aliphatic carbocycles.